The van der Waals surface area contributed by atoms with Gasteiger partial charge in [0, 0.05) is 55.1 Å². The van der Waals surface area contributed by atoms with Crippen LogP contribution in [0.2, 0.25) is 0 Å². The minimum atomic E-state index is 0.0715. The van der Waals surface area contributed by atoms with E-state index in [1.807, 2.05) is 35.4 Å². The topological polar surface area (TPSA) is 52.2 Å². The fourth-order valence-corrected chi connectivity index (χ4v) is 3.73. The predicted molar refractivity (Wildman–Crippen MR) is 108 cm³/mol. The molecule has 5 heteroatoms. The minimum Gasteiger partial charge on any atom is -0.346 e. The summed E-state index contributed by atoms with van der Waals surface area (Å²) in [7, 11) is 2.12. The Hall–Kier alpha value is -2.92. The quantitative estimate of drug-likeness (QED) is 0.728. The van der Waals surface area contributed by atoms with Gasteiger partial charge in [-0.2, -0.15) is 0 Å². The second kappa shape index (κ2) is 7.76. The van der Waals surface area contributed by atoms with E-state index in [4.69, 9.17) is 0 Å². The first-order chi connectivity index (χ1) is 13.2. The Kier molecular flexibility index (Phi) is 5.03. The number of nitrogens with zero attached hydrogens (tertiary/aromatic N) is 3. The number of hydrogen-bond donors (Lipinski definition) is 1. The van der Waals surface area contributed by atoms with Gasteiger partial charge in [-0.05, 0) is 37.2 Å². The fraction of sp³-hybridized carbons (Fsp3) is 0.273. The van der Waals surface area contributed by atoms with Crippen LogP contribution < -0.4 is 0 Å². The van der Waals surface area contributed by atoms with Crippen LogP contribution in [0, 0.1) is 0 Å². The van der Waals surface area contributed by atoms with Crippen LogP contribution in [0.1, 0.15) is 11.1 Å². The average molecular weight is 360 g/mol. The maximum Gasteiger partial charge on any atom is 0.246 e. The maximum absolute atomic E-state index is 12.9. The highest BCUT2D eigenvalue weighted by Crippen LogP contribution is 2.19. The van der Waals surface area contributed by atoms with Gasteiger partial charge in [0.05, 0.1) is 0 Å². The molecule has 1 aromatic carbocycles. The lowest BCUT2D eigenvalue weighted by Crippen LogP contribution is -2.54. The van der Waals surface area contributed by atoms with Gasteiger partial charge in [0.1, 0.15) is 5.65 Å². The van der Waals surface area contributed by atoms with Crippen LogP contribution in [0.15, 0.2) is 60.9 Å². The van der Waals surface area contributed by atoms with Gasteiger partial charge < -0.3 is 14.8 Å². The number of hydrogen-bond acceptors (Lipinski definition) is 3. The van der Waals surface area contributed by atoms with Gasteiger partial charge >= 0.3 is 0 Å². The summed E-state index contributed by atoms with van der Waals surface area (Å²) in [6, 6.07) is 14.5. The van der Waals surface area contributed by atoms with Crippen LogP contribution in [0.3, 0.4) is 0 Å². The van der Waals surface area contributed by atoms with E-state index in [1.165, 1.54) is 5.56 Å². The third kappa shape index (κ3) is 3.93. The zero-order chi connectivity index (χ0) is 18.6. The number of rotatable bonds is 4. The number of carbonyl (C=O) groups excluding carboxylic acids is 1. The largest absolute Gasteiger partial charge is 0.346 e. The number of amides is 1. The molecule has 0 radical (unpaired) electrons. The van der Waals surface area contributed by atoms with Crippen molar-refractivity contribution in [1.82, 2.24) is 19.8 Å². The lowest BCUT2D eigenvalue weighted by molar-refractivity contribution is -0.130. The molecular formula is C22H24N4O. The third-order valence-electron chi connectivity index (χ3n) is 5.17. The van der Waals surface area contributed by atoms with Gasteiger partial charge in [-0.3, -0.25) is 4.79 Å². The molecule has 0 bridgehead atoms. The fourth-order valence-electron chi connectivity index (χ4n) is 3.73. The number of fused-ring (bicyclic) bond motifs is 1. The highest BCUT2D eigenvalue weighted by Gasteiger charge is 2.27. The van der Waals surface area contributed by atoms with E-state index in [0.717, 1.165) is 42.7 Å². The number of likely N-dealkylation sites (N-methyl/N-ethyl adjacent to an activating group) is 1. The first-order valence-corrected chi connectivity index (χ1v) is 9.34. The molecule has 1 saturated heterocycles. The summed E-state index contributed by atoms with van der Waals surface area (Å²) < 4.78 is 0. The molecule has 3 heterocycles. The molecule has 2 aromatic heterocycles. The molecule has 1 N–H and O–H groups in total. The number of H-pyrrole nitrogens is 1. The highest BCUT2D eigenvalue weighted by molar-refractivity contribution is 5.95. The van der Waals surface area contributed by atoms with Crippen molar-refractivity contribution < 1.29 is 4.79 Å². The molecule has 3 aromatic rings. The van der Waals surface area contributed by atoms with E-state index < -0.39 is 0 Å². The Morgan fingerprint density at radius 3 is 2.93 bits per heavy atom. The van der Waals surface area contributed by atoms with Crippen molar-refractivity contribution in [1.29, 1.82) is 0 Å². The number of aromatic nitrogens is 2. The molecule has 1 aliphatic heterocycles. The molecule has 1 atom stereocenters. The Balaban J connectivity index is 1.51. The number of nitrogens with one attached hydrogen (secondary N) is 1. The smallest absolute Gasteiger partial charge is 0.246 e. The van der Waals surface area contributed by atoms with Crippen molar-refractivity contribution in [2.24, 2.45) is 0 Å². The molecule has 0 aliphatic carbocycles. The van der Waals surface area contributed by atoms with E-state index in [9.17, 15) is 4.79 Å². The van der Waals surface area contributed by atoms with Gasteiger partial charge in [0.15, 0.2) is 0 Å². The van der Waals surface area contributed by atoms with E-state index >= 15 is 0 Å². The number of carbonyl (C=O) groups is 1. The molecule has 0 spiro atoms. The number of pyridine rings is 1. The summed E-state index contributed by atoms with van der Waals surface area (Å²) in [6.07, 6.45) is 8.12. The van der Waals surface area contributed by atoms with Gasteiger partial charge in [0.25, 0.3) is 0 Å². The Labute approximate surface area is 159 Å². The molecular weight excluding hydrogens is 336 g/mol. The molecule has 1 aliphatic rings. The molecule has 1 fully saturated rings. The van der Waals surface area contributed by atoms with Gasteiger partial charge in [0.2, 0.25) is 5.91 Å². The number of aromatic amines is 1. The zero-order valence-electron chi connectivity index (χ0n) is 15.5. The van der Waals surface area contributed by atoms with Crippen molar-refractivity contribution >= 4 is 23.0 Å². The minimum absolute atomic E-state index is 0.0715. The summed E-state index contributed by atoms with van der Waals surface area (Å²) in [6.45, 7) is 2.56. The maximum atomic E-state index is 12.9. The predicted octanol–water partition coefficient (Wildman–Crippen LogP) is 2.96. The zero-order valence-corrected chi connectivity index (χ0v) is 15.5. The summed E-state index contributed by atoms with van der Waals surface area (Å²) >= 11 is 0. The SMILES string of the molecule is CN1CCN(C(=O)/C=C/c2c[nH]c3ncccc23)[C@@H](Cc2ccccc2)C1. The van der Waals surface area contributed by atoms with Crippen LogP contribution in [0.25, 0.3) is 17.1 Å². The second-order valence-corrected chi connectivity index (χ2v) is 7.11. The van der Waals surface area contributed by atoms with Crippen molar-refractivity contribution in [3.05, 3.63) is 72.1 Å². The lowest BCUT2D eigenvalue weighted by atomic mass is 10.0. The van der Waals surface area contributed by atoms with E-state index in [0.29, 0.717) is 0 Å². The molecule has 0 saturated carbocycles. The molecule has 0 unspecified atom stereocenters. The standard InChI is InChI=1S/C22H24N4O/c1-25-12-13-26(19(16-25)14-17-6-3-2-4-7-17)21(27)10-9-18-15-24-22-20(18)8-5-11-23-22/h2-11,15,19H,12-14,16H2,1H3,(H,23,24)/b10-9+/t19-/m0/s1. The first kappa shape index (κ1) is 17.5. The van der Waals surface area contributed by atoms with Gasteiger partial charge in [-0.25, -0.2) is 4.98 Å². The van der Waals surface area contributed by atoms with Crippen LogP contribution in [0.5, 0.6) is 0 Å². The molecule has 1 amide bonds. The van der Waals surface area contributed by atoms with Gasteiger partial charge in [-0.1, -0.05) is 30.3 Å². The molecule has 4 rings (SSSR count). The Morgan fingerprint density at radius 2 is 2.07 bits per heavy atom. The third-order valence-corrected chi connectivity index (χ3v) is 5.17. The van der Waals surface area contributed by atoms with E-state index in [-0.39, 0.29) is 11.9 Å². The molecule has 5 nitrogen and oxygen atoms in total. The molecule has 27 heavy (non-hydrogen) atoms. The van der Waals surface area contributed by atoms with Crippen molar-refractivity contribution in [3.8, 4) is 0 Å². The summed E-state index contributed by atoms with van der Waals surface area (Å²) in [5.74, 6) is 0.0715. The normalized spacial score (nSPS) is 18.4. The summed E-state index contributed by atoms with van der Waals surface area (Å²) in [5.41, 5.74) is 3.09. The van der Waals surface area contributed by atoms with Crippen LogP contribution >= 0.6 is 0 Å². The second-order valence-electron chi connectivity index (χ2n) is 7.11. The lowest BCUT2D eigenvalue weighted by Gasteiger charge is -2.39. The monoisotopic (exact) mass is 360 g/mol. The van der Waals surface area contributed by atoms with E-state index in [1.54, 1.807) is 12.3 Å². The summed E-state index contributed by atoms with van der Waals surface area (Å²) in [5, 5.41) is 1.03. The van der Waals surface area contributed by atoms with Crippen molar-refractivity contribution in [3.63, 3.8) is 0 Å². The number of benzene rings is 1. The molecule has 138 valence electrons. The van der Waals surface area contributed by atoms with Crippen molar-refractivity contribution in [2.45, 2.75) is 12.5 Å². The summed E-state index contributed by atoms with van der Waals surface area (Å²) in [4.78, 5) is 24.7. The average Bonchev–Trinajstić information content (AvgIpc) is 3.10. The number of piperazine rings is 1. The Morgan fingerprint density at radius 1 is 1.22 bits per heavy atom. The Bertz CT molecular complexity index is 947. The van der Waals surface area contributed by atoms with Crippen molar-refractivity contribution in [2.75, 3.05) is 26.7 Å². The van der Waals surface area contributed by atoms with E-state index in [2.05, 4.69) is 46.2 Å². The van der Waals surface area contributed by atoms with Crippen LogP contribution in [0.4, 0.5) is 0 Å². The highest BCUT2D eigenvalue weighted by atomic mass is 16.2. The van der Waals surface area contributed by atoms with Crippen LogP contribution in [-0.4, -0.2) is 58.4 Å². The van der Waals surface area contributed by atoms with Gasteiger partial charge in [-0.15, -0.1) is 0 Å². The van der Waals surface area contributed by atoms with Crippen LogP contribution in [-0.2, 0) is 11.2 Å². The first-order valence-electron chi connectivity index (χ1n) is 9.34.